The number of aliphatic carboxylic acids is 1. The van der Waals surface area contributed by atoms with Crippen LogP contribution in [0, 0.1) is 6.92 Å². The summed E-state index contributed by atoms with van der Waals surface area (Å²) in [4.78, 5) is 26.0. The number of aryl methyl sites for hydroxylation is 1. The monoisotopic (exact) mass is 417 g/mol. The topological polar surface area (TPSA) is 82.1 Å². The Morgan fingerprint density at radius 2 is 1.90 bits per heavy atom. The minimum absolute atomic E-state index is 0.00448. The molecular weight excluding hydrogens is 391 g/mol. The van der Waals surface area contributed by atoms with E-state index in [1.165, 1.54) is 4.90 Å². The Labute approximate surface area is 167 Å². The largest absolute Gasteiger partial charge is 0.481 e. The van der Waals surface area contributed by atoms with Crippen molar-refractivity contribution in [3.05, 3.63) is 29.3 Å². The number of nitrogens with zero attached hydrogens (tertiary/aromatic N) is 2. The van der Waals surface area contributed by atoms with E-state index in [0.717, 1.165) is 23.7 Å². The number of alkyl halides is 3. The van der Waals surface area contributed by atoms with Crippen molar-refractivity contribution in [1.29, 1.82) is 0 Å². The van der Waals surface area contributed by atoms with E-state index in [4.69, 9.17) is 5.11 Å². The maximum atomic E-state index is 12.5. The average Bonchev–Trinajstić information content (AvgIpc) is 2.63. The first-order chi connectivity index (χ1) is 13.6. The van der Waals surface area contributed by atoms with Crippen LogP contribution in [0.25, 0.3) is 0 Å². The van der Waals surface area contributed by atoms with Crippen molar-refractivity contribution in [2.24, 2.45) is 0 Å². The average molecular weight is 417 g/mol. The van der Waals surface area contributed by atoms with Crippen molar-refractivity contribution in [1.82, 2.24) is 9.80 Å². The summed E-state index contributed by atoms with van der Waals surface area (Å²) in [6.45, 7) is 5.19. The highest BCUT2D eigenvalue weighted by atomic mass is 19.4. The Morgan fingerprint density at radius 3 is 2.48 bits per heavy atom. The van der Waals surface area contributed by atoms with Crippen LogP contribution < -0.4 is 5.32 Å². The number of rotatable bonds is 7. The SMILES string of the molecule is Cc1ccc(CN2CCN(C(=O)OC(C)C(F)(F)F)CC2)c(NCCC(=O)O)c1. The molecule has 0 aromatic heterocycles. The second kappa shape index (κ2) is 9.82. The third kappa shape index (κ3) is 7.12. The minimum Gasteiger partial charge on any atom is -0.481 e. The number of carboxylic acid groups (broad SMARTS) is 1. The number of hydrogen-bond acceptors (Lipinski definition) is 5. The second-order valence-corrected chi connectivity index (χ2v) is 7.06. The summed E-state index contributed by atoms with van der Waals surface area (Å²) in [6, 6.07) is 5.87. The van der Waals surface area contributed by atoms with E-state index in [2.05, 4.69) is 15.0 Å². The lowest BCUT2D eigenvalue weighted by molar-refractivity contribution is -0.200. The first-order valence-corrected chi connectivity index (χ1v) is 9.36. The number of piperazine rings is 1. The number of carbonyl (C=O) groups excluding carboxylic acids is 1. The fourth-order valence-corrected chi connectivity index (χ4v) is 2.92. The number of nitrogens with one attached hydrogen (secondary N) is 1. The summed E-state index contributed by atoms with van der Waals surface area (Å²) in [7, 11) is 0. The Kier molecular flexibility index (Phi) is 7.72. The number of carboxylic acids is 1. The molecule has 1 saturated heterocycles. The zero-order valence-electron chi connectivity index (χ0n) is 16.5. The number of ether oxygens (including phenoxy) is 1. The fourth-order valence-electron chi connectivity index (χ4n) is 2.92. The zero-order chi connectivity index (χ0) is 21.6. The molecule has 1 aromatic rings. The first-order valence-electron chi connectivity index (χ1n) is 9.36. The molecule has 0 radical (unpaired) electrons. The van der Waals surface area contributed by atoms with Crippen LogP contribution in [0.4, 0.5) is 23.7 Å². The van der Waals surface area contributed by atoms with Crippen LogP contribution >= 0.6 is 0 Å². The van der Waals surface area contributed by atoms with Crippen LogP contribution in [0.15, 0.2) is 18.2 Å². The van der Waals surface area contributed by atoms with E-state index in [9.17, 15) is 22.8 Å². The molecule has 1 aliphatic heterocycles. The van der Waals surface area contributed by atoms with Gasteiger partial charge in [0, 0.05) is 45.0 Å². The van der Waals surface area contributed by atoms with Gasteiger partial charge in [0.1, 0.15) is 0 Å². The molecular formula is C19H26F3N3O4. The maximum Gasteiger partial charge on any atom is 0.425 e. The quantitative estimate of drug-likeness (QED) is 0.710. The van der Waals surface area contributed by atoms with Crippen LogP contribution in [-0.4, -0.2) is 72.0 Å². The number of hydrogen-bond donors (Lipinski definition) is 2. The molecule has 1 unspecified atom stereocenters. The van der Waals surface area contributed by atoms with Crippen LogP contribution in [0.1, 0.15) is 24.5 Å². The van der Waals surface area contributed by atoms with Crippen molar-refractivity contribution in [2.45, 2.75) is 39.1 Å². The van der Waals surface area contributed by atoms with Crippen molar-refractivity contribution in [3.63, 3.8) is 0 Å². The molecule has 1 atom stereocenters. The van der Waals surface area contributed by atoms with Gasteiger partial charge in [0.25, 0.3) is 0 Å². The lowest BCUT2D eigenvalue weighted by Gasteiger charge is -2.35. The summed E-state index contributed by atoms with van der Waals surface area (Å²) in [5.41, 5.74) is 2.88. The van der Waals surface area contributed by atoms with Gasteiger partial charge in [-0.25, -0.2) is 4.79 Å². The minimum atomic E-state index is -4.58. The molecule has 29 heavy (non-hydrogen) atoms. The number of halogens is 3. The van der Waals surface area contributed by atoms with Gasteiger partial charge < -0.3 is 20.1 Å². The predicted octanol–water partition coefficient (Wildman–Crippen LogP) is 3.09. The molecule has 0 aliphatic carbocycles. The molecule has 162 valence electrons. The van der Waals surface area contributed by atoms with E-state index in [0.29, 0.717) is 26.2 Å². The van der Waals surface area contributed by atoms with E-state index in [1.54, 1.807) is 0 Å². The van der Waals surface area contributed by atoms with Gasteiger partial charge in [0.2, 0.25) is 0 Å². The number of benzene rings is 1. The number of carbonyl (C=O) groups is 2. The standard InChI is InChI=1S/C19H26F3N3O4/c1-13-3-4-15(16(11-13)23-6-5-17(26)27)12-24-7-9-25(10-8-24)18(28)29-14(2)19(20,21)22/h3-4,11,14,23H,5-10,12H2,1-2H3,(H,26,27). The van der Waals surface area contributed by atoms with Gasteiger partial charge in [0.15, 0.2) is 6.10 Å². The normalized spacial score (nSPS) is 16.4. The summed E-state index contributed by atoms with van der Waals surface area (Å²) >= 11 is 0. The van der Waals surface area contributed by atoms with Crippen molar-refractivity contribution < 1.29 is 32.6 Å². The first kappa shape index (κ1) is 22.8. The van der Waals surface area contributed by atoms with Gasteiger partial charge in [0.05, 0.1) is 6.42 Å². The lowest BCUT2D eigenvalue weighted by atomic mass is 10.1. The number of amides is 1. The van der Waals surface area contributed by atoms with Crippen LogP contribution in [0.2, 0.25) is 0 Å². The maximum absolute atomic E-state index is 12.5. The van der Waals surface area contributed by atoms with E-state index >= 15 is 0 Å². The third-order valence-electron chi connectivity index (χ3n) is 4.68. The third-order valence-corrected chi connectivity index (χ3v) is 4.68. The second-order valence-electron chi connectivity index (χ2n) is 7.06. The van der Waals surface area contributed by atoms with Crippen molar-refractivity contribution in [3.8, 4) is 0 Å². The summed E-state index contributed by atoms with van der Waals surface area (Å²) in [6.07, 6.45) is -7.67. The van der Waals surface area contributed by atoms with Crippen molar-refractivity contribution >= 4 is 17.7 Å². The van der Waals surface area contributed by atoms with Gasteiger partial charge in [-0.3, -0.25) is 9.69 Å². The van der Waals surface area contributed by atoms with E-state index in [1.807, 2.05) is 25.1 Å². The summed E-state index contributed by atoms with van der Waals surface area (Å²) < 4.78 is 42.1. The molecule has 0 spiro atoms. The van der Waals surface area contributed by atoms with E-state index in [-0.39, 0.29) is 19.5 Å². The Balaban J connectivity index is 1.89. The lowest BCUT2D eigenvalue weighted by Crippen LogP contribution is -2.49. The molecule has 1 aliphatic rings. The molecule has 2 rings (SSSR count). The van der Waals surface area contributed by atoms with Crippen LogP contribution in [0.3, 0.4) is 0 Å². The molecule has 0 saturated carbocycles. The summed E-state index contributed by atoms with van der Waals surface area (Å²) in [5, 5.41) is 11.9. The van der Waals surface area contributed by atoms with E-state index < -0.39 is 24.3 Å². The van der Waals surface area contributed by atoms with Gasteiger partial charge in [-0.15, -0.1) is 0 Å². The van der Waals surface area contributed by atoms with Gasteiger partial charge in [-0.1, -0.05) is 12.1 Å². The predicted molar refractivity (Wildman–Crippen MR) is 101 cm³/mol. The van der Waals surface area contributed by atoms with Crippen molar-refractivity contribution in [2.75, 3.05) is 38.0 Å². The highest BCUT2D eigenvalue weighted by Gasteiger charge is 2.40. The highest BCUT2D eigenvalue weighted by molar-refractivity contribution is 5.68. The smallest absolute Gasteiger partial charge is 0.425 e. The Bertz CT molecular complexity index is 719. The molecule has 7 nitrogen and oxygen atoms in total. The fraction of sp³-hybridized carbons (Fsp3) is 0.579. The Morgan fingerprint density at radius 1 is 1.24 bits per heavy atom. The Hall–Kier alpha value is -2.49. The molecule has 1 heterocycles. The van der Waals surface area contributed by atoms with Crippen LogP contribution in [-0.2, 0) is 16.1 Å². The summed E-state index contributed by atoms with van der Waals surface area (Å²) in [5.74, 6) is -0.880. The van der Waals surface area contributed by atoms with Gasteiger partial charge in [-0.2, -0.15) is 13.2 Å². The molecule has 1 aromatic carbocycles. The van der Waals surface area contributed by atoms with Gasteiger partial charge in [-0.05, 0) is 31.0 Å². The van der Waals surface area contributed by atoms with Crippen LogP contribution in [0.5, 0.6) is 0 Å². The molecule has 1 fully saturated rings. The zero-order valence-corrected chi connectivity index (χ0v) is 16.5. The highest BCUT2D eigenvalue weighted by Crippen LogP contribution is 2.24. The number of anilines is 1. The molecule has 0 bridgehead atoms. The van der Waals surface area contributed by atoms with Gasteiger partial charge >= 0.3 is 18.2 Å². The molecule has 2 N–H and O–H groups in total. The molecule has 1 amide bonds. The molecule has 10 heteroatoms.